The molecule has 1 aliphatic rings. The van der Waals surface area contributed by atoms with Crippen LogP contribution >= 0.6 is 27.5 Å². The second-order valence-corrected chi connectivity index (χ2v) is 8.99. The molecule has 0 radical (unpaired) electrons. The Bertz CT molecular complexity index is 591. The minimum absolute atomic E-state index is 0.223. The molecule has 0 bridgehead atoms. The highest BCUT2D eigenvalue weighted by Crippen LogP contribution is 2.34. The van der Waals surface area contributed by atoms with E-state index in [4.69, 9.17) is 11.6 Å². The summed E-state index contributed by atoms with van der Waals surface area (Å²) in [5, 5.41) is 0. The second-order valence-electron chi connectivity index (χ2n) is 5.97. The maximum Gasteiger partial charge on any atom is 0.244 e. The van der Waals surface area contributed by atoms with Crippen LogP contribution in [0.5, 0.6) is 0 Å². The molecule has 0 aliphatic carbocycles. The van der Waals surface area contributed by atoms with E-state index in [9.17, 15) is 8.42 Å². The van der Waals surface area contributed by atoms with E-state index in [1.165, 1.54) is 0 Å². The van der Waals surface area contributed by atoms with Crippen LogP contribution in [0.3, 0.4) is 0 Å². The van der Waals surface area contributed by atoms with Gasteiger partial charge in [0.15, 0.2) is 0 Å². The van der Waals surface area contributed by atoms with Crippen LogP contribution in [0, 0.1) is 5.41 Å². The largest absolute Gasteiger partial charge is 0.244 e. The number of hydrogen-bond acceptors (Lipinski definition) is 2. The van der Waals surface area contributed by atoms with Crippen LogP contribution in [0.15, 0.2) is 27.6 Å². The molecule has 1 heterocycles. The zero-order valence-electron chi connectivity index (χ0n) is 11.7. The normalized spacial score (nSPS) is 20.0. The highest BCUT2D eigenvalue weighted by molar-refractivity contribution is 9.10. The number of halogens is 2. The lowest BCUT2D eigenvalue weighted by molar-refractivity contribution is 0.196. The fraction of sp³-hybridized carbons (Fsp3) is 0.571. The van der Waals surface area contributed by atoms with Gasteiger partial charge < -0.3 is 0 Å². The maximum absolute atomic E-state index is 12.7. The molecular formula is C14H19BrClNO2S. The number of piperidine rings is 1. The summed E-state index contributed by atoms with van der Waals surface area (Å²) >= 11 is 9.14. The van der Waals surface area contributed by atoms with E-state index in [0.717, 1.165) is 18.4 Å². The van der Waals surface area contributed by atoms with Crippen LogP contribution in [-0.4, -0.2) is 25.8 Å². The molecule has 1 fully saturated rings. The molecule has 0 saturated carbocycles. The van der Waals surface area contributed by atoms with Crippen molar-refractivity contribution in [3.8, 4) is 0 Å². The molecule has 20 heavy (non-hydrogen) atoms. The second kappa shape index (κ2) is 5.95. The van der Waals surface area contributed by atoms with Crippen molar-refractivity contribution < 1.29 is 8.42 Å². The van der Waals surface area contributed by atoms with Crippen LogP contribution in [0.1, 0.15) is 32.3 Å². The van der Waals surface area contributed by atoms with Gasteiger partial charge in [0.25, 0.3) is 0 Å². The van der Waals surface area contributed by atoms with Crippen LogP contribution in [0.25, 0.3) is 0 Å². The third-order valence-corrected chi connectivity index (χ3v) is 7.04. The zero-order valence-corrected chi connectivity index (χ0v) is 14.9. The van der Waals surface area contributed by atoms with Gasteiger partial charge in [-0.25, -0.2) is 8.42 Å². The Morgan fingerprint density at radius 2 is 1.90 bits per heavy atom. The van der Waals surface area contributed by atoms with E-state index in [1.807, 2.05) is 6.07 Å². The molecule has 2 rings (SSSR count). The summed E-state index contributed by atoms with van der Waals surface area (Å²) in [6.45, 7) is 5.52. The van der Waals surface area contributed by atoms with E-state index in [2.05, 4.69) is 29.8 Å². The molecule has 6 heteroatoms. The van der Waals surface area contributed by atoms with Gasteiger partial charge in [0.1, 0.15) is 0 Å². The SMILES string of the molecule is CC1(C)CCN(S(=O)(=O)c2cc(CCl)ccc2Br)CC1. The molecule has 3 nitrogen and oxygen atoms in total. The molecule has 1 aliphatic heterocycles. The Kier molecular flexibility index (Phi) is 4.84. The third kappa shape index (κ3) is 3.38. The van der Waals surface area contributed by atoms with Gasteiger partial charge in [-0.05, 0) is 51.9 Å². The lowest BCUT2D eigenvalue weighted by atomic mass is 9.83. The van der Waals surface area contributed by atoms with Crippen LogP contribution in [0.4, 0.5) is 0 Å². The Labute approximate surface area is 134 Å². The lowest BCUT2D eigenvalue weighted by Gasteiger charge is -2.36. The van der Waals surface area contributed by atoms with Crippen molar-refractivity contribution in [3.05, 3.63) is 28.2 Å². The first-order valence-corrected chi connectivity index (χ1v) is 9.38. The summed E-state index contributed by atoms with van der Waals surface area (Å²) in [4.78, 5) is 0.315. The van der Waals surface area contributed by atoms with Crippen LogP contribution in [0.2, 0.25) is 0 Å². The topological polar surface area (TPSA) is 37.4 Å². The highest BCUT2D eigenvalue weighted by Gasteiger charge is 2.33. The summed E-state index contributed by atoms with van der Waals surface area (Å²) < 4.78 is 27.7. The minimum atomic E-state index is -3.45. The van der Waals surface area contributed by atoms with Gasteiger partial charge in [0.2, 0.25) is 10.0 Å². The molecule has 0 unspecified atom stereocenters. The van der Waals surface area contributed by atoms with Crippen LogP contribution < -0.4 is 0 Å². The van der Waals surface area contributed by atoms with Gasteiger partial charge in [-0.1, -0.05) is 19.9 Å². The summed E-state index contributed by atoms with van der Waals surface area (Å²) in [6, 6.07) is 5.24. The molecule has 1 aromatic rings. The van der Waals surface area contributed by atoms with Crippen molar-refractivity contribution in [1.29, 1.82) is 0 Å². The fourth-order valence-electron chi connectivity index (χ4n) is 2.30. The number of rotatable bonds is 3. The van der Waals surface area contributed by atoms with Crippen molar-refractivity contribution >= 4 is 37.6 Å². The van der Waals surface area contributed by atoms with Crippen LogP contribution in [-0.2, 0) is 15.9 Å². The number of benzene rings is 1. The van der Waals surface area contributed by atoms with Crippen molar-refractivity contribution in [1.82, 2.24) is 4.31 Å². The molecule has 0 amide bonds. The van der Waals surface area contributed by atoms with Gasteiger partial charge in [0, 0.05) is 23.4 Å². The van der Waals surface area contributed by atoms with Gasteiger partial charge in [-0.15, -0.1) is 11.6 Å². The molecule has 1 aromatic carbocycles. The number of sulfonamides is 1. The van der Waals surface area contributed by atoms with Crippen molar-refractivity contribution in [2.45, 2.75) is 37.5 Å². The van der Waals surface area contributed by atoms with E-state index in [-0.39, 0.29) is 5.41 Å². The number of nitrogens with zero attached hydrogens (tertiary/aromatic N) is 1. The van der Waals surface area contributed by atoms with Gasteiger partial charge in [-0.3, -0.25) is 0 Å². The minimum Gasteiger partial charge on any atom is -0.207 e. The molecule has 1 saturated heterocycles. The smallest absolute Gasteiger partial charge is 0.207 e. The Balaban J connectivity index is 2.31. The summed E-state index contributed by atoms with van der Waals surface area (Å²) in [5.74, 6) is 0.308. The average Bonchev–Trinajstić information content (AvgIpc) is 2.38. The first kappa shape index (κ1) is 16.3. The van der Waals surface area contributed by atoms with Gasteiger partial charge in [0.05, 0.1) is 4.90 Å². The first-order valence-electron chi connectivity index (χ1n) is 6.61. The van der Waals surface area contributed by atoms with Crippen molar-refractivity contribution in [3.63, 3.8) is 0 Å². The standard InChI is InChI=1S/C14H19BrClNO2S/c1-14(2)5-7-17(8-6-14)20(18,19)13-9-11(10-16)3-4-12(13)15/h3-4,9H,5-8,10H2,1-2H3. The van der Waals surface area contributed by atoms with Crippen molar-refractivity contribution in [2.75, 3.05) is 13.1 Å². The molecule has 0 N–H and O–H groups in total. The molecule has 0 atom stereocenters. The molecule has 112 valence electrons. The predicted molar refractivity (Wildman–Crippen MR) is 85.5 cm³/mol. The van der Waals surface area contributed by atoms with Gasteiger partial charge >= 0.3 is 0 Å². The predicted octanol–water partition coefficient (Wildman–Crippen LogP) is 4.00. The number of hydrogen-bond donors (Lipinski definition) is 0. The molecule has 0 spiro atoms. The van der Waals surface area contributed by atoms with E-state index in [0.29, 0.717) is 28.3 Å². The summed E-state index contributed by atoms with van der Waals surface area (Å²) in [6.07, 6.45) is 1.78. The lowest BCUT2D eigenvalue weighted by Crippen LogP contribution is -2.41. The van der Waals surface area contributed by atoms with Gasteiger partial charge in [-0.2, -0.15) is 4.31 Å². The Morgan fingerprint density at radius 1 is 1.30 bits per heavy atom. The number of alkyl halides is 1. The maximum atomic E-state index is 12.7. The monoisotopic (exact) mass is 379 g/mol. The van der Waals surface area contributed by atoms with E-state index < -0.39 is 10.0 Å². The molecule has 0 aromatic heterocycles. The van der Waals surface area contributed by atoms with Crippen molar-refractivity contribution in [2.24, 2.45) is 5.41 Å². The fourth-order valence-corrected chi connectivity index (χ4v) is 4.88. The van der Waals surface area contributed by atoms with E-state index in [1.54, 1.807) is 16.4 Å². The van der Waals surface area contributed by atoms with E-state index >= 15 is 0 Å². The average molecular weight is 381 g/mol. The summed E-state index contributed by atoms with van der Waals surface area (Å²) in [5.41, 5.74) is 1.03. The highest BCUT2D eigenvalue weighted by atomic mass is 79.9. The quantitative estimate of drug-likeness (QED) is 0.743. The third-order valence-electron chi connectivity index (χ3n) is 3.84. The Hall–Kier alpha value is -0.100. The Morgan fingerprint density at radius 3 is 2.45 bits per heavy atom. The summed E-state index contributed by atoms with van der Waals surface area (Å²) in [7, 11) is -3.45. The molecular weight excluding hydrogens is 362 g/mol. The first-order chi connectivity index (χ1) is 9.26. The zero-order chi connectivity index (χ0) is 15.0.